The molecule has 0 radical (unpaired) electrons. The van der Waals surface area contributed by atoms with Crippen molar-refractivity contribution in [3.05, 3.63) is 89.1 Å². The molecule has 3 atom stereocenters. The molecule has 3 heterocycles. The molecule has 192 valence electrons. The number of aliphatic hydroxyl groups excluding tert-OH is 1. The predicted octanol–water partition coefficient (Wildman–Crippen LogP) is 3.37. The number of carbonyl (C=O) groups excluding carboxylic acids is 1. The van der Waals surface area contributed by atoms with E-state index in [9.17, 15) is 14.3 Å². The molecule has 2 aromatic heterocycles. The molecule has 0 unspecified atom stereocenters. The largest absolute Gasteiger partial charge is 0.472 e. The van der Waals surface area contributed by atoms with E-state index in [1.54, 1.807) is 35.5 Å². The second-order valence-corrected chi connectivity index (χ2v) is 9.47. The minimum absolute atomic E-state index is 0.0166. The summed E-state index contributed by atoms with van der Waals surface area (Å²) in [4.78, 5) is 26.2. The maximum atomic E-state index is 13.6. The summed E-state index contributed by atoms with van der Waals surface area (Å²) in [5.41, 5.74) is 2.44. The van der Waals surface area contributed by atoms with Gasteiger partial charge in [-0.2, -0.15) is 0 Å². The first kappa shape index (κ1) is 26.3. The number of aliphatic hydroxyl groups is 1. The Hall–Kier alpha value is -3.80. The van der Waals surface area contributed by atoms with Crippen LogP contribution < -0.4 is 4.74 Å². The van der Waals surface area contributed by atoms with E-state index in [0.29, 0.717) is 36.3 Å². The summed E-state index contributed by atoms with van der Waals surface area (Å²) in [7, 11) is 2.01. The van der Waals surface area contributed by atoms with Gasteiger partial charge in [-0.15, -0.1) is 0 Å². The van der Waals surface area contributed by atoms with Crippen molar-refractivity contribution >= 4 is 5.91 Å². The zero-order chi connectivity index (χ0) is 26.4. The first-order chi connectivity index (χ1) is 17.8. The first-order valence-corrected chi connectivity index (χ1v) is 12.3. The van der Waals surface area contributed by atoms with E-state index in [2.05, 4.69) is 26.7 Å². The van der Waals surface area contributed by atoms with Gasteiger partial charge in [0.15, 0.2) is 0 Å². The molecule has 1 aromatic carbocycles. The van der Waals surface area contributed by atoms with Gasteiger partial charge in [-0.1, -0.05) is 24.8 Å². The number of halogens is 1. The topological polar surface area (TPSA) is 78.8 Å². The number of amides is 1. The fourth-order valence-corrected chi connectivity index (χ4v) is 4.21. The molecule has 0 bridgehead atoms. The second-order valence-electron chi connectivity index (χ2n) is 9.47. The number of rotatable bonds is 6. The van der Waals surface area contributed by atoms with Crippen molar-refractivity contribution in [1.82, 2.24) is 19.8 Å². The maximum Gasteiger partial charge on any atom is 0.259 e. The van der Waals surface area contributed by atoms with Gasteiger partial charge in [0, 0.05) is 49.1 Å². The van der Waals surface area contributed by atoms with Crippen LogP contribution >= 0.6 is 0 Å². The third kappa shape index (κ3) is 6.70. The Labute approximate surface area is 216 Å². The van der Waals surface area contributed by atoms with E-state index in [0.717, 1.165) is 5.69 Å². The molecule has 1 amide bonds. The van der Waals surface area contributed by atoms with Crippen molar-refractivity contribution in [3.63, 3.8) is 0 Å². The molecule has 1 aliphatic rings. The molecule has 3 aromatic rings. The fraction of sp³-hybridized carbons (Fsp3) is 0.345. The van der Waals surface area contributed by atoms with E-state index >= 15 is 0 Å². The summed E-state index contributed by atoms with van der Waals surface area (Å²) in [6, 6.07) is 13.0. The molecule has 0 spiro atoms. The van der Waals surface area contributed by atoms with Crippen molar-refractivity contribution in [1.29, 1.82) is 0 Å². The quantitative estimate of drug-likeness (QED) is 0.521. The van der Waals surface area contributed by atoms with E-state index < -0.39 is 0 Å². The smallest absolute Gasteiger partial charge is 0.259 e. The summed E-state index contributed by atoms with van der Waals surface area (Å²) in [6.07, 6.45) is 3.09. The van der Waals surface area contributed by atoms with Gasteiger partial charge in [0.1, 0.15) is 17.5 Å². The summed E-state index contributed by atoms with van der Waals surface area (Å²) in [6.45, 7) is 5.38. The van der Waals surface area contributed by atoms with Gasteiger partial charge < -0.3 is 14.7 Å². The molecule has 37 heavy (non-hydrogen) atoms. The van der Waals surface area contributed by atoms with Crippen molar-refractivity contribution in [2.45, 2.75) is 32.5 Å². The molecule has 1 aliphatic heterocycles. The number of carbonyl (C=O) groups is 1. The molecule has 8 heteroatoms. The zero-order valence-electron chi connectivity index (χ0n) is 21.3. The third-order valence-corrected chi connectivity index (χ3v) is 6.37. The number of pyridine rings is 2. The van der Waals surface area contributed by atoms with Crippen LogP contribution in [0.1, 0.15) is 41.0 Å². The maximum absolute atomic E-state index is 13.6. The number of fused-ring (bicyclic) bond motifs is 1. The van der Waals surface area contributed by atoms with Gasteiger partial charge in [0.25, 0.3) is 5.91 Å². The van der Waals surface area contributed by atoms with Crippen molar-refractivity contribution in [3.8, 4) is 17.7 Å². The SMILES string of the molecule is C[C@H](CO)N1C[C@H](C)[C@@H](CN(C)Cc2ccccn2)Oc2ncc(C#Cc3ccc(F)cc3)cc2C1=O. The molecule has 0 fully saturated rings. The van der Waals surface area contributed by atoms with Crippen molar-refractivity contribution < 1.29 is 19.0 Å². The van der Waals surface area contributed by atoms with Gasteiger partial charge in [-0.3, -0.25) is 14.7 Å². The van der Waals surface area contributed by atoms with Gasteiger partial charge in [0.05, 0.1) is 18.3 Å². The van der Waals surface area contributed by atoms with Crippen LogP contribution in [0.5, 0.6) is 5.88 Å². The Morgan fingerprint density at radius 1 is 1.19 bits per heavy atom. The third-order valence-electron chi connectivity index (χ3n) is 6.37. The van der Waals surface area contributed by atoms with Gasteiger partial charge in [-0.05, 0) is 56.4 Å². The molecule has 7 nitrogen and oxygen atoms in total. The lowest BCUT2D eigenvalue weighted by atomic mass is 10.00. The number of benzene rings is 1. The molecule has 0 aliphatic carbocycles. The van der Waals surface area contributed by atoms with E-state index in [1.807, 2.05) is 39.1 Å². The van der Waals surface area contributed by atoms with Crippen LogP contribution in [0.3, 0.4) is 0 Å². The number of hydrogen-bond donors (Lipinski definition) is 1. The van der Waals surface area contributed by atoms with Crippen LogP contribution in [-0.4, -0.2) is 69.7 Å². The number of nitrogens with zero attached hydrogens (tertiary/aromatic N) is 4. The highest BCUT2D eigenvalue weighted by atomic mass is 19.1. The van der Waals surface area contributed by atoms with E-state index in [4.69, 9.17) is 4.74 Å². The van der Waals surface area contributed by atoms with Crippen LogP contribution in [-0.2, 0) is 6.54 Å². The lowest BCUT2D eigenvalue weighted by Gasteiger charge is -2.37. The lowest BCUT2D eigenvalue weighted by Crippen LogP contribution is -2.49. The average molecular weight is 503 g/mol. The minimum atomic E-state index is -0.373. The Morgan fingerprint density at radius 2 is 1.95 bits per heavy atom. The molecule has 4 rings (SSSR count). The van der Waals surface area contributed by atoms with E-state index in [-0.39, 0.29) is 42.3 Å². The van der Waals surface area contributed by atoms with Gasteiger partial charge in [-0.25, -0.2) is 9.37 Å². The van der Waals surface area contributed by atoms with Crippen LogP contribution in [0.4, 0.5) is 4.39 Å². The Bertz CT molecular complexity index is 1270. The Morgan fingerprint density at radius 3 is 2.65 bits per heavy atom. The van der Waals surface area contributed by atoms with Crippen LogP contribution in [0.25, 0.3) is 0 Å². The number of hydrogen-bond acceptors (Lipinski definition) is 6. The minimum Gasteiger partial charge on any atom is -0.472 e. The second kappa shape index (κ2) is 12.0. The average Bonchev–Trinajstić information content (AvgIpc) is 2.90. The van der Waals surface area contributed by atoms with Crippen LogP contribution in [0.2, 0.25) is 0 Å². The van der Waals surface area contributed by atoms with Crippen LogP contribution in [0, 0.1) is 23.6 Å². The highest BCUT2D eigenvalue weighted by molar-refractivity contribution is 5.97. The predicted molar refractivity (Wildman–Crippen MR) is 138 cm³/mol. The molecular formula is C29H31FN4O3. The summed E-state index contributed by atoms with van der Waals surface area (Å²) in [5, 5.41) is 9.86. The van der Waals surface area contributed by atoms with E-state index in [1.165, 1.54) is 12.1 Å². The monoisotopic (exact) mass is 502 g/mol. The van der Waals surface area contributed by atoms with Gasteiger partial charge >= 0.3 is 0 Å². The van der Waals surface area contributed by atoms with Crippen molar-refractivity contribution in [2.75, 3.05) is 26.7 Å². The lowest BCUT2D eigenvalue weighted by molar-refractivity contribution is 0.0324. The standard InChI is InChI=1S/C29H31FN4O3/c1-20-16-34(21(2)19-35)29(36)26-14-23(8-7-22-9-11-24(30)12-10-22)15-32-28(26)37-27(20)18-33(3)17-25-6-4-5-13-31-25/h4-6,9-15,20-21,27,35H,16-19H2,1-3H3/t20-,21+,27+/m0/s1. The molecule has 0 saturated heterocycles. The summed E-state index contributed by atoms with van der Waals surface area (Å²) >= 11 is 0. The normalized spacial score (nSPS) is 18.2. The number of aromatic nitrogens is 2. The zero-order valence-corrected chi connectivity index (χ0v) is 21.3. The molecule has 1 N–H and O–H groups in total. The summed E-state index contributed by atoms with van der Waals surface area (Å²) < 4.78 is 19.5. The van der Waals surface area contributed by atoms with Crippen molar-refractivity contribution in [2.24, 2.45) is 5.92 Å². The van der Waals surface area contributed by atoms with Crippen LogP contribution in [0.15, 0.2) is 60.9 Å². The number of ether oxygens (including phenoxy) is 1. The highest BCUT2D eigenvalue weighted by Crippen LogP contribution is 2.27. The Kier molecular flexibility index (Phi) is 8.49. The molecular weight excluding hydrogens is 471 g/mol. The molecule has 0 saturated carbocycles. The van der Waals surface area contributed by atoms with Gasteiger partial charge in [0.2, 0.25) is 5.88 Å². The number of likely N-dealkylation sites (N-methyl/N-ethyl adjacent to an activating group) is 1. The first-order valence-electron chi connectivity index (χ1n) is 12.3. The summed E-state index contributed by atoms with van der Waals surface area (Å²) in [5.74, 6) is 5.61. The highest BCUT2D eigenvalue weighted by Gasteiger charge is 2.34. The fourth-order valence-electron chi connectivity index (χ4n) is 4.21. The Balaban J connectivity index is 1.62.